The lowest BCUT2D eigenvalue weighted by atomic mass is 9.96. The number of ether oxygens (including phenoxy) is 1. The monoisotopic (exact) mass is 489 g/mol. The fourth-order valence-corrected chi connectivity index (χ4v) is 7.10. The number of nitrogens with two attached hydrogens (primary N) is 1. The third-order valence-corrected chi connectivity index (χ3v) is 8.63. The minimum absolute atomic E-state index is 0.00103. The van der Waals surface area contributed by atoms with Gasteiger partial charge in [-0.2, -0.15) is 0 Å². The molecule has 1 atom stereocenters. The fourth-order valence-electron chi connectivity index (χ4n) is 3.85. The van der Waals surface area contributed by atoms with Gasteiger partial charge in [0.15, 0.2) is 0 Å². The first-order chi connectivity index (χ1) is 16.1. The van der Waals surface area contributed by atoms with Crippen molar-refractivity contribution in [3.05, 3.63) is 53.6 Å². The van der Waals surface area contributed by atoms with Crippen LogP contribution in [-0.2, 0) is 29.2 Å². The molecule has 0 saturated carbocycles. The maximum absolute atomic E-state index is 12.3. The van der Waals surface area contributed by atoms with Gasteiger partial charge in [0, 0.05) is 36.8 Å². The van der Waals surface area contributed by atoms with E-state index in [1.165, 1.54) is 5.57 Å². The molecule has 1 aliphatic carbocycles. The van der Waals surface area contributed by atoms with Crippen LogP contribution in [0.2, 0.25) is 6.04 Å². The number of benzene rings is 1. The Morgan fingerprint density at radius 3 is 2.09 bits per heavy atom. The van der Waals surface area contributed by atoms with Gasteiger partial charge in [0.25, 0.3) is 0 Å². The van der Waals surface area contributed by atoms with Gasteiger partial charge >= 0.3 is 14.8 Å². The molecule has 1 aromatic carbocycles. The highest BCUT2D eigenvalue weighted by molar-refractivity contribution is 6.60. The molecule has 0 heterocycles. The van der Waals surface area contributed by atoms with Crippen LogP contribution >= 0.6 is 0 Å². The van der Waals surface area contributed by atoms with Crippen LogP contribution < -0.4 is 5.73 Å². The molecule has 1 aliphatic rings. The number of hydrogen-bond donors (Lipinski definition) is 1. The number of esters is 1. The van der Waals surface area contributed by atoms with Crippen LogP contribution in [0.1, 0.15) is 71.9 Å². The largest absolute Gasteiger partial charge is 0.501 e. The van der Waals surface area contributed by atoms with Crippen molar-refractivity contribution in [1.82, 2.24) is 0 Å². The van der Waals surface area contributed by atoms with Crippen molar-refractivity contribution in [2.45, 2.75) is 97.6 Å². The summed E-state index contributed by atoms with van der Waals surface area (Å²) < 4.78 is 24.0. The molecule has 0 saturated heterocycles. The van der Waals surface area contributed by atoms with Gasteiger partial charge in [-0.1, -0.05) is 42.5 Å². The Morgan fingerprint density at radius 1 is 1.00 bits per heavy atom. The maximum Gasteiger partial charge on any atom is 0.501 e. The van der Waals surface area contributed by atoms with E-state index in [0.29, 0.717) is 31.9 Å². The van der Waals surface area contributed by atoms with Crippen LogP contribution in [0.25, 0.3) is 5.57 Å². The highest BCUT2D eigenvalue weighted by Crippen LogP contribution is 2.24. The minimum Gasteiger partial charge on any atom is -0.466 e. The number of aryl methyl sites for hydroxylation is 1. The number of hydrogen-bond acceptors (Lipinski definition) is 6. The average Bonchev–Trinajstić information content (AvgIpc) is 2.75. The Bertz CT molecular complexity index is 790. The lowest BCUT2D eigenvalue weighted by Crippen LogP contribution is -2.50. The van der Waals surface area contributed by atoms with Gasteiger partial charge in [0.1, 0.15) is 0 Å². The number of allylic oxidation sites excluding steroid dienone is 2. The standard InChI is InChI=1S/C27H43NO5Si/c1-20(2)31-34(32-21(3)4,33-22(5)6)19-7-18-30-27(29)17-10-23-8-11-24(12-9-23)25-13-15-26(28)16-14-25/h8-9,11-15,20-22,26H,7,10,16-19,28H2,1-6H3. The van der Waals surface area contributed by atoms with Crippen LogP contribution in [0.15, 0.2) is 42.5 Å². The Hall–Kier alpha value is -1.77. The zero-order valence-corrected chi connectivity index (χ0v) is 22.7. The smallest absolute Gasteiger partial charge is 0.466 e. The molecule has 0 amide bonds. The second kappa shape index (κ2) is 13.9. The first kappa shape index (κ1) is 28.5. The summed E-state index contributed by atoms with van der Waals surface area (Å²) in [7, 11) is -2.86. The molecule has 1 aromatic rings. The summed E-state index contributed by atoms with van der Waals surface area (Å²) in [6.07, 6.45) is 8.79. The number of carbonyl (C=O) groups excluding carboxylic acids is 1. The van der Waals surface area contributed by atoms with Gasteiger partial charge in [-0.15, -0.1) is 0 Å². The molecule has 0 aromatic heterocycles. The van der Waals surface area contributed by atoms with E-state index in [2.05, 4.69) is 36.4 Å². The summed E-state index contributed by atoms with van der Waals surface area (Å²) in [6, 6.07) is 9.06. The second-order valence-electron chi connectivity index (χ2n) is 9.62. The fraction of sp³-hybridized carbons (Fsp3) is 0.593. The van der Waals surface area contributed by atoms with Gasteiger partial charge in [0.05, 0.1) is 6.61 Å². The molecule has 7 heteroatoms. The molecule has 2 N–H and O–H groups in total. The molecule has 6 nitrogen and oxygen atoms in total. The van der Waals surface area contributed by atoms with E-state index >= 15 is 0 Å². The predicted molar refractivity (Wildman–Crippen MR) is 139 cm³/mol. The van der Waals surface area contributed by atoms with E-state index in [-0.39, 0.29) is 30.3 Å². The summed E-state index contributed by atoms with van der Waals surface area (Å²) in [4.78, 5) is 12.3. The van der Waals surface area contributed by atoms with E-state index in [4.69, 9.17) is 23.7 Å². The molecule has 1 unspecified atom stereocenters. The van der Waals surface area contributed by atoms with Crippen LogP contribution in [-0.4, -0.2) is 45.7 Å². The van der Waals surface area contributed by atoms with Gasteiger partial charge < -0.3 is 23.7 Å². The molecule has 190 valence electrons. The van der Waals surface area contributed by atoms with Crippen molar-refractivity contribution in [2.24, 2.45) is 5.73 Å². The highest BCUT2D eigenvalue weighted by Gasteiger charge is 2.43. The summed E-state index contributed by atoms with van der Waals surface area (Å²) in [5.41, 5.74) is 9.37. The molecule has 0 aliphatic heterocycles. The third kappa shape index (κ3) is 10.2. The minimum atomic E-state index is -2.86. The highest BCUT2D eigenvalue weighted by atomic mass is 28.4. The van der Waals surface area contributed by atoms with Crippen LogP contribution in [0.5, 0.6) is 0 Å². The van der Waals surface area contributed by atoms with Crippen LogP contribution in [0, 0.1) is 0 Å². The summed E-state index contributed by atoms with van der Waals surface area (Å²) >= 11 is 0. The molecule has 0 spiro atoms. The van der Waals surface area contributed by atoms with Gasteiger partial charge in [-0.3, -0.25) is 4.79 Å². The molecule has 0 radical (unpaired) electrons. The molecular formula is C27H43NO5Si. The Balaban J connectivity index is 1.79. The average molecular weight is 490 g/mol. The van der Waals surface area contributed by atoms with Crippen molar-refractivity contribution in [3.63, 3.8) is 0 Å². The third-order valence-electron chi connectivity index (χ3n) is 5.17. The summed E-state index contributed by atoms with van der Waals surface area (Å²) in [5.74, 6) is -0.192. The van der Waals surface area contributed by atoms with E-state index in [1.807, 2.05) is 47.6 Å². The summed E-state index contributed by atoms with van der Waals surface area (Å²) in [6.45, 7) is 12.2. The molecule has 2 rings (SSSR count). The Kier molecular flexibility index (Phi) is 11.7. The van der Waals surface area contributed by atoms with E-state index in [0.717, 1.165) is 17.5 Å². The zero-order chi connectivity index (χ0) is 25.1. The zero-order valence-electron chi connectivity index (χ0n) is 21.7. The Labute approximate surface area is 206 Å². The second-order valence-corrected chi connectivity index (χ2v) is 12.2. The molecular weight excluding hydrogens is 446 g/mol. The van der Waals surface area contributed by atoms with Crippen LogP contribution in [0.3, 0.4) is 0 Å². The van der Waals surface area contributed by atoms with Gasteiger partial charge in [-0.25, -0.2) is 0 Å². The summed E-state index contributed by atoms with van der Waals surface area (Å²) in [5, 5.41) is 0. The molecule has 0 fully saturated rings. The quantitative estimate of drug-likeness (QED) is 0.213. The lowest BCUT2D eigenvalue weighted by Gasteiger charge is -2.34. The van der Waals surface area contributed by atoms with Crippen molar-refractivity contribution < 1.29 is 22.8 Å². The van der Waals surface area contributed by atoms with Gasteiger partial charge in [-0.05, 0) is 77.5 Å². The van der Waals surface area contributed by atoms with Crippen LogP contribution in [0.4, 0.5) is 0 Å². The SMILES string of the molecule is CC(C)O[Si](CCCOC(=O)CCc1ccc(C2=CCC(N)C=C2)cc1)(OC(C)C)OC(C)C. The first-order valence-electron chi connectivity index (χ1n) is 12.5. The number of rotatable bonds is 14. The predicted octanol–water partition coefficient (Wildman–Crippen LogP) is 5.44. The Morgan fingerprint density at radius 2 is 1.59 bits per heavy atom. The van der Waals surface area contributed by atoms with E-state index in [9.17, 15) is 4.79 Å². The molecule has 34 heavy (non-hydrogen) atoms. The maximum atomic E-state index is 12.3. The van der Waals surface area contributed by atoms with E-state index < -0.39 is 8.80 Å². The van der Waals surface area contributed by atoms with E-state index in [1.54, 1.807) is 0 Å². The first-order valence-corrected chi connectivity index (χ1v) is 14.4. The lowest BCUT2D eigenvalue weighted by molar-refractivity contribution is -0.143. The van der Waals surface area contributed by atoms with Crippen molar-refractivity contribution in [2.75, 3.05) is 6.61 Å². The molecule has 0 bridgehead atoms. The van der Waals surface area contributed by atoms with Crippen molar-refractivity contribution >= 4 is 20.3 Å². The number of carbonyl (C=O) groups is 1. The normalized spacial score (nSPS) is 16.4. The van der Waals surface area contributed by atoms with Crippen molar-refractivity contribution in [1.29, 1.82) is 0 Å². The van der Waals surface area contributed by atoms with Crippen molar-refractivity contribution in [3.8, 4) is 0 Å². The van der Waals surface area contributed by atoms with Gasteiger partial charge in [0.2, 0.25) is 0 Å². The topological polar surface area (TPSA) is 80.0 Å².